The molecule has 0 bridgehead atoms. The first-order chi connectivity index (χ1) is 16.7. The second-order valence-corrected chi connectivity index (χ2v) is 9.60. The fourth-order valence-electron chi connectivity index (χ4n) is 2.36. The van der Waals surface area contributed by atoms with Crippen molar-refractivity contribution in [3.63, 3.8) is 0 Å². The summed E-state index contributed by atoms with van der Waals surface area (Å²) >= 11 is 0. The molecule has 0 fully saturated rings. The molecule has 192 valence electrons. The highest BCUT2D eigenvalue weighted by molar-refractivity contribution is 8.76. The summed E-state index contributed by atoms with van der Waals surface area (Å²) in [5.74, 6) is 0.657. The van der Waals surface area contributed by atoms with E-state index in [4.69, 9.17) is 9.47 Å². The van der Waals surface area contributed by atoms with Crippen molar-refractivity contribution in [3.05, 3.63) is 68.8 Å². The minimum absolute atomic E-state index is 0.151. The smallest absolute Gasteiger partial charge is 0.330 e. The average Bonchev–Trinajstić information content (AvgIpc) is 2.83. The van der Waals surface area contributed by atoms with Crippen LogP contribution in [0, 0.1) is 25.6 Å². The Labute approximate surface area is 209 Å². The summed E-state index contributed by atoms with van der Waals surface area (Å²) < 4.78 is 10.4. The molecule has 0 spiro atoms. The highest BCUT2D eigenvalue weighted by atomic mass is 33.1. The molecule has 0 unspecified atom stereocenters. The number of benzene rings is 1. The Balaban J connectivity index is 2.58. The second kappa shape index (κ2) is 16.4. The SMILES string of the molecule is C=CCSSCCC(=O)Oc1ccc(/C=C/C(=O)OCC(CC)(CO[N+](=O)[O-])CO[N+](=O)[O-])cc1. The van der Waals surface area contributed by atoms with Crippen molar-refractivity contribution in [2.45, 2.75) is 19.8 Å². The molecule has 0 amide bonds. The van der Waals surface area contributed by atoms with E-state index >= 15 is 0 Å². The lowest BCUT2D eigenvalue weighted by Gasteiger charge is -2.29. The number of hydrogen-bond acceptors (Lipinski definition) is 12. The third-order valence-electron chi connectivity index (χ3n) is 4.41. The van der Waals surface area contributed by atoms with Crippen molar-refractivity contribution in [1.82, 2.24) is 0 Å². The average molecular weight is 531 g/mol. The van der Waals surface area contributed by atoms with Gasteiger partial charge in [0.1, 0.15) is 25.6 Å². The molecule has 0 aliphatic carbocycles. The largest absolute Gasteiger partial charge is 0.462 e. The summed E-state index contributed by atoms with van der Waals surface area (Å²) in [6, 6.07) is 6.42. The lowest BCUT2D eigenvalue weighted by Crippen LogP contribution is -2.38. The molecule has 14 heteroatoms. The van der Waals surface area contributed by atoms with Crippen LogP contribution in [0.1, 0.15) is 25.3 Å². The molecule has 1 aromatic carbocycles. The van der Waals surface area contributed by atoms with Crippen LogP contribution in [0.5, 0.6) is 5.75 Å². The topological polar surface area (TPSA) is 157 Å². The summed E-state index contributed by atoms with van der Waals surface area (Å²) in [7, 11) is 3.16. The summed E-state index contributed by atoms with van der Waals surface area (Å²) in [5.41, 5.74) is -0.661. The van der Waals surface area contributed by atoms with Gasteiger partial charge in [0.15, 0.2) is 0 Å². The third-order valence-corrected chi connectivity index (χ3v) is 6.72. The van der Waals surface area contributed by atoms with Crippen molar-refractivity contribution in [1.29, 1.82) is 0 Å². The summed E-state index contributed by atoms with van der Waals surface area (Å²) in [6.45, 7) is 3.73. The van der Waals surface area contributed by atoms with Gasteiger partial charge in [-0.25, -0.2) is 4.79 Å². The standard InChI is InChI=1S/C21H26N2O10S2/c1-3-12-34-35-13-11-20(25)33-18-8-5-17(6-9-18)7-10-19(24)30-14-21(4-2,15-31-22(26)27)16-32-23(28)29/h3,5-10H,1,4,11-16H2,2H3/b10-7+. The first-order valence-electron chi connectivity index (χ1n) is 10.2. The molecule has 0 heterocycles. The van der Waals surface area contributed by atoms with Gasteiger partial charge in [0.25, 0.3) is 10.2 Å². The molecular formula is C21H26N2O10S2. The third kappa shape index (κ3) is 13.3. The molecule has 1 aromatic rings. The van der Waals surface area contributed by atoms with E-state index < -0.39 is 41.4 Å². The fourth-order valence-corrected chi connectivity index (χ4v) is 4.10. The van der Waals surface area contributed by atoms with Crippen LogP contribution in [0.4, 0.5) is 0 Å². The highest BCUT2D eigenvalue weighted by Gasteiger charge is 2.33. The monoisotopic (exact) mass is 530 g/mol. The quantitative estimate of drug-likeness (QED) is 0.0394. The predicted molar refractivity (Wildman–Crippen MR) is 130 cm³/mol. The van der Waals surface area contributed by atoms with E-state index in [0.29, 0.717) is 17.1 Å². The van der Waals surface area contributed by atoms with E-state index in [-0.39, 0.29) is 18.8 Å². The minimum Gasteiger partial charge on any atom is -0.462 e. The zero-order valence-electron chi connectivity index (χ0n) is 19.0. The predicted octanol–water partition coefficient (Wildman–Crippen LogP) is 3.92. The van der Waals surface area contributed by atoms with Crippen molar-refractivity contribution in [2.75, 3.05) is 31.3 Å². The van der Waals surface area contributed by atoms with Gasteiger partial charge >= 0.3 is 11.9 Å². The molecule has 1 rings (SSSR count). The molecular weight excluding hydrogens is 504 g/mol. The Hall–Kier alpha value is -3.26. The summed E-state index contributed by atoms with van der Waals surface area (Å²) in [4.78, 5) is 53.7. The minimum atomic E-state index is -1.28. The molecule has 0 atom stereocenters. The van der Waals surface area contributed by atoms with Gasteiger partial charge < -0.3 is 19.1 Å². The van der Waals surface area contributed by atoms with Gasteiger partial charge in [0.2, 0.25) is 0 Å². The summed E-state index contributed by atoms with van der Waals surface area (Å²) in [6.07, 6.45) is 4.78. The highest BCUT2D eigenvalue weighted by Crippen LogP contribution is 2.25. The van der Waals surface area contributed by atoms with E-state index in [2.05, 4.69) is 16.3 Å². The Kier molecular flexibility index (Phi) is 13.9. The van der Waals surface area contributed by atoms with Crippen molar-refractivity contribution in [3.8, 4) is 5.75 Å². The zero-order valence-corrected chi connectivity index (χ0v) is 20.6. The molecule has 0 N–H and O–H groups in total. The van der Waals surface area contributed by atoms with Crippen LogP contribution in [0.15, 0.2) is 43.0 Å². The maximum Gasteiger partial charge on any atom is 0.330 e. The van der Waals surface area contributed by atoms with Crippen molar-refractivity contribution < 1.29 is 38.9 Å². The Morgan fingerprint density at radius 2 is 1.69 bits per heavy atom. The number of hydrogen-bond donors (Lipinski definition) is 0. The number of nitrogens with zero attached hydrogens (tertiary/aromatic N) is 2. The number of esters is 2. The molecule has 0 radical (unpaired) electrons. The Bertz CT molecular complexity index is 875. The van der Waals surface area contributed by atoms with Crippen LogP contribution < -0.4 is 4.74 Å². The lowest BCUT2D eigenvalue weighted by atomic mass is 9.88. The number of ether oxygens (including phenoxy) is 2. The number of carbonyl (C=O) groups is 2. The maximum absolute atomic E-state index is 12.1. The normalized spacial score (nSPS) is 11.0. The molecule has 0 saturated heterocycles. The zero-order chi connectivity index (χ0) is 26.1. The summed E-state index contributed by atoms with van der Waals surface area (Å²) in [5, 5.41) is 19.0. The maximum atomic E-state index is 12.1. The number of carbonyl (C=O) groups excluding carboxylic acids is 2. The Morgan fingerprint density at radius 3 is 2.23 bits per heavy atom. The fraction of sp³-hybridized carbons (Fsp3) is 0.429. The van der Waals surface area contributed by atoms with Crippen LogP contribution >= 0.6 is 21.6 Å². The number of rotatable bonds is 18. The Morgan fingerprint density at radius 1 is 1.06 bits per heavy atom. The van der Waals surface area contributed by atoms with E-state index in [0.717, 1.165) is 11.8 Å². The van der Waals surface area contributed by atoms with Gasteiger partial charge in [0.05, 0.1) is 11.8 Å². The van der Waals surface area contributed by atoms with E-state index in [1.54, 1.807) is 58.9 Å². The molecule has 0 aromatic heterocycles. The van der Waals surface area contributed by atoms with Gasteiger partial charge in [-0.2, -0.15) is 0 Å². The van der Waals surface area contributed by atoms with E-state index in [1.807, 2.05) is 0 Å². The van der Waals surface area contributed by atoms with Gasteiger partial charge in [-0.3, -0.25) is 4.79 Å². The van der Waals surface area contributed by atoms with Crippen LogP contribution in [0.2, 0.25) is 0 Å². The van der Waals surface area contributed by atoms with Crippen molar-refractivity contribution >= 4 is 39.6 Å². The van der Waals surface area contributed by atoms with Crippen molar-refractivity contribution in [2.24, 2.45) is 5.41 Å². The van der Waals surface area contributed by atoms with E-state index in [9.17, 15) is 29.8 Å². The molecule has 0 saturated carbocycles. The lowest BCUT2D eigenvalue weighted by molar-refractivity contribution is -0.772. The van der Waals surface area contributed by atoms with Gasteiger partial charge in [-0.05, 0) is 30.2 Å². The van der Waals surface area contributed by atoms with Gasteiger partial charge in [0, 0.05) is 17.6 Å². The van der Waals surface area contributed by atoms with E-state index in [1.165, 1.54) is 6.08 Å². The van der Waals surface area contributed by atoms with Crippen LogP contribution in [0.25, 0.3) is 6.08 Å². The first-order valence-corrected chi connectivity index (χ1v) is 12.7. The molecule has 0 aliphatic rings. The van der Waals surface area contributed by atoms with Crippen LogP contribution in [0.3, 0.4) is 0 Å². The van der Waals surface area contributed by atoms with Crippen LogP contribution in [-0.2, 0) is 24.0 Å². The van der Waals surface area contributed by atoms with Crippen LogP contribution in [-0.4, -0.2) is 53.4 Å². The second-order valence-electron chi connectivity index (χ2n) is 6.98. The van der Waals surface area contributed by atoms with Gasteiger partial charge in [-0.1, -0.05) is 46.7 Å². The first kappa shape index (κ1) is 29.8. The molecule has 35 heavy (non-hydrogen) atoms. The molecule has 12 nitrogen and oxygen atoms in total. The molecule has 0 aliphatic heterocycles. The van der Waals surface area contributed by atoms with Gasteiger partial charge in [-0.15, -0.1) is 26.8 Å².